The van der Waals surface area contributed by atoms with Crippen LogP contribution in [0.15, 0.2) is 78.9 Å². The predicted molar refractivity (Wildman–Crippen MR) is 120 cm³/mol. The molecule has 4 heteroatoms. The van der Waals surface area contributed by atoms with E-state index in [0.29, 0.717) is 0 Å². The molecule has 152 valence electrons. The van der Waals surface area contributed by atoms with Gasteiger partial charge in [0.05, 0.1) is 27.0 Å². The summed E-state index contributed by atoms with van der Waals surface area (Å²) >= 11 is 0. The Labute approximate surface area is 170 Å². The van der Waals surface area contributed by atoms with Gasteiger partial charge in [0.25, 0.3) is 0 Å². The first kappa shape index (κ1) is 24.9. The molecule has 0 radical (unpaired) electrons. The van der Waals surface area contributed by atoms with Crippen LogP contribution in [0.25, 0.3) is 0 Å². The number of benzene rings is 3. The highest BCUT2D eigenvalue weighted by Crippen LogP contribution is 2.21. The molecule has 0 aliphatic carbocycles. The number of rotatable bonds is 4. The highest BCUT2D eigenvalue weighted by Gasteiger charge is 1.95. The quantitative estimate of drug-likeness (QED) is 0.593. The van der Waals surface area contributed by atoms with Gasteiger partial charge in [-0.1, -0.05) is 55.5 Å². The SMILES string of the molecule is C.CNc1ccccc1OC.COc1ccc(C)cc1.COc1ccccc1. The van der Waals surface area contributed by atoms with E-state index in [1.165, 1.54) is 5.56 Å². The molecule has 4 nitrogen and oxygen atoms in total. The van der Waals surface area contributed by atoms with Crippen LogP contribution in [-0.2, 0) is 0 Å². The first-order valence-electron chi connectivity index (χ1n) is 8.65. The Bertz CT molecular complexity index is 720. The number of nitrogens with one attached hydrogen (secondary N) is 1. The lowest BCUT2D eigenvalue weighted by atomic mass is 10.2. The van der Waals surface area contributed by atoms with Gasteiger partial charge in [0, 0.05) is 7.05 Å². The Morgan fingerprint density at radius 3 is 1.54 bits per heavy atom. The Hall–Kier alpha value is -3.14. The van der Waals surface area contributed by atoms with Gasteiger partial charge in [0.1, 0.15) is 17.2 Å². The molecule has 0 spiro atoms. The van der Waals surface area contributed by atoms with Crippen LogP contribution in [0, 0.1) is 6.92 Å². The van der Waals surface area contributed by atoms with Crippen LogP contribution in [-0.4, -0.2) is 28.4 Å². The minimum absolute atomic E-state index is 0. The van der Waals surface area contributed by atoms with Crippen molar-refractivity contribution in [2.45, 2.75) is 14.4 Å². The van der Waals surface area contributed by atoms with Crippen LogP contribution in [0.5, 0.6) is 17.2 Å². The van der Waals surface area contributed by atoms with Crippen LogP contribution in [0.2, 0.25) is 0 Å². The highest BCUT2D eigenvalue weighted by molar-refractivity contribution is 5.55. The van der Waals surface area contributed by atoms with Crippen molar-refractivity contribution in [3.05, 3.63) is 84.4 Å². The molecule has 3 rings (SSSR count). The zero-order chi connectivity index (χ0) is 19.9. The van der Waals surface area contributed by atoms with Crippen LogP contribution in [0.3, 0.4) is 0 Å². The molecule has 0 aliphatic rings. The fourth-order valence-electron chi connectivity index (χ4n) is 2.08. The van der Waals surface area contributed by atoms with Crippen LogP contribution in [0.1, 0.15) is 13.0 Å². The van der Waals surface area contributed by atoms with E-state index in [2.05, 4.69) is 12.2 Å². The van der Waals surface area contributed by atoms with Crippen molar-refractivity contribution in [3.8, 4) is 17.2 Å². The summed E-state index contributed by atoms with van der Waals surface area (Å²) in [7, 11) is 6.87. The monoisotopic (exact) mass is 383 g/mol. The zero-order valence-corrected chi connectivity index (χ0v) is 16.7. The van der Waals surface area contributed by atoms with E-state index in [0.717, 1.165) is 22.9 Å². The van der Waals surface area contributed by atoms with E-state index in [9.17, 15) is 0 Å². The lowest BCUT2D eigenvalue weighted by molar-refractivity contribution is 0.414. The minimum atomic E-state index is 0. The molecule has 0 aliphatic heterocycles. The molecule has 0 saturated heterocycles. The maximum absolute atomic E-state index is 5.07. The molecule has 0 unspecified atom stereocenters. The van der Waals surface area contributed by atoms with Crippen molar-refractivity contribution >= 4 is 5.69 Å². The van der Waals surface area contributed by atoms with Crippen LogP contribution in [0.4, 0.5) is 5.69 Å². The van der Waals surface area contributed by atoms with Crippen molar-refractivity contribution in [3.63, 3.8) is 0 Å². The van der Waals surface area contributed by atoms with Gasteiger partial charge in [0.2, 0.25) is 0 Å². The highest BCUT2D eigenvalue weighted by atomic mass is 16.5. The summed E-state index contributed by atoms with van der Waals surface area (Å²) in [6, 6.07) is 25.4. The minimum Gasteiger partial charge on any atom is -0.497 e. The lowest BCUT2D eigenvalue weighted by Crippen LogP contribution is -1.91. The van der Waals surface area contributed by atoms with E-state index < -0.39 is 0 Å². The molecule has 0 heterocycles. The first-order chi connectivity index (χ1) is 13.1. The van der Waals surface area contributed by atoms with Gasteiger partial charge in [-0.3, -0.25) is 0 Å². The maximum Gasteiger partial charge on any atom is 0.141 e. The second kappa shape index (κ2) is 15.0. The molecule has 3 aromatic rings. The largest absolute Gasteiger partial charge is 0.497 e. The number of para-hydroxylation sites is 3. The van der Waals surface area contributed by atoms with Gasteiger partial charge in [0.15, 0.2) is 0 Å². The Kier molecular flexibility index (Phi) is 13.3. The van der Waals surface area contributed by atoms with E-state index in [-0.39, 0.29) is 7.43 Å². The normalized spacial score (nSPS) is 8.61. The smallest absolute Gasteiger partial charge is 0.141 e. The van der Waals surface area contributed by atoms with Crippen LogP contribution >= 0.6 is 0 Å². The molecule has 3 aromatic carbocycles. The first-order valence-corrected chi connectivity index (χ1v) is 8.65. The van der Waals surface area contributed by atoms with Crippen LogP contribution < -0.4 is 19.5 Å². The van der Waals surface area contributed by atoms with E-state index in [1.807, 2.05) is 85.9 Å². The topological polar surface area (TPSA) is 39.7 Å². The molecule has 0 amide bonds. The number of methoxy groups -OCH3 is 3. The fraction of sp³-hybridized carbons (Fsp3) is 0.250. The van der Waals surface area contributed by atoms with Crippen molar-refractivity contribution in [1.29, 1.82) is 0 Å². The summed E-state index contributed by atoms with van der Waals surface area (Å²) in [4.78, 5) is 0. The third kappa shape index (κ3) is 9.53. The number of anilines is 1. The average Bonchev–Trinajstić information content (AvgIpc) is 2.75. The summed E-state index contributed by atoms with van der Waals surface area (Å²) in [6.07, 6.45) is 0. The van der Waals surface area contributed by atoms with Crippen molar-refractivity contribution in [1.82, 2.24) is 0 Å². The van der Waals surface area contributed by atoms with Crippen molar-refractivity contribution in [2.75, 3.05) is 33.7 Å². The predicted octanol–water partition coefficient (Wildman–Crippen LogP) is 6.07. The number of hydrogen-bond acceptors (Lipinski definition) is 4. The summed E-state index contributed by atoms with van der Waals surface area (Å²) in [5, 5.41) is 3.02. The number of hydrogen-bond donors (Lipinski definition) is 1. The van der Waals surface area contributed by atoms with E-state index in [4.69, 9.17) is 14.2 Å². The van der Waals surface area contributed by atoms with Gasteiger partial charge in [-0.15, -0.1) is 0 Å². The summed E-state index contributed by atoms with van der Waals surface area (Å²) < 4.78 is 15.0. The third-order valence-electron chi connectivity index (χ3n) is 3.61. The Morgan fingerprint density at radius 1 is 0.607 bits per heavy atom. The number of aryl methyl sites for hydroxylation is 1. The van der Waals surface area contributed by atoms with Gasteiger partial charge in [-0.05, 0) is 43.3 Å². The second-order valence-corrected chi connectivity index (χ2v) is 5.48. The standard InChI is InChI=1S/C8H11NO.C8H10O.C7H8O.CH4/c1-9-7-5-3-4-6-8(7)10-2;1-7-3-5-8(9-2)6-4-7;1-8-7-5-3-2-4-6-7;/h3-6,9H,1-2H3;3-6H,1-2H3;2-6H,1H3;1H4. The molecule has 0 fully saturated rings. The average molecular weight is 384 g/mol. The maximum atomic E-state index is 5.07. The molecule has 0 atom stereocenters. The molecule has 0 aromatic heterocycles. The molecule has 0 saturated carbocycles. The summed E-state index contributed by atoms with van der Waals surface area (Å²) in [5.41, 5.74) is 2.28. The third-order valence-corrected chi connectivity index (χ3v) is 3.61. The summed E-state index contributed by atoms with van der Waals surface area (Å²) in [6.45, 7) is 2.06. The van der Waals surface area contributed by atoms with Crippen molar-refractivity contribution in [2.24, 2.45) is 0 Å². The molecule has 28 heavy (non-hydrogen) atoms. The summed E-state index contributed by atoms with van der Waals surface area (Å²) in [5.74, 6) is 2.71. The second-order valence-electron chi connectivity index (χ2n) is 5.48. The van der Waals surface area contributed by atoms with Gasteiger partial charge >= 0.3 is 0 Å². The Morgan fingerprint density at radius 2 is 1.11 bits per heavy atom. The zero-order valence-electron chi connectivity index (χ0n) is 16.7. The molecular formula is C24H33NO3. The van der Waals surface area contributed by atoms with Gasteiger partial charge in [-0.25, -0.2) is 0 Å². The number of ether oxygens (including phenoxy) is 3. The fourth-order valence-corrected chi connectivity index (χ4v) is 2.08. The van der Waals surface area contributed by atoms with E-state index >= 15 is 0 Å². The Balaban J connectivity index is 0.000000386. The van der Waals surface area contributed by atoms with Gasteiger partial charge < -0.3 is 19.5 Å². The van der Waals surface area contributed by atoms with Gasteiger partial charge in [-0.2, -0.15) is 0 Å². The van der Waals surface area contributed by atoms with E-state index in [1.54, 1.807) is 21.3 Å². The lowest BCUT2D eigenvalue weighted by Gasteiger charge is -2.05. The van der Waals surface area contributed by atoms with Crippen molar-refractivity contribution < 1.29 is 14.2 Å². The molecule has 0 bridgehead atoms. The molecular weight excluding hydrogens is 350 g/mol. The molecule has 1 N–H and O–H groups in total.